The van der Waals surface area contributed by atoms with Crippen LogP contribution in [0.5, 0.6) is 0 Å². The molecule has 0 spiro atoms. The number of aliphatic hydroxyl groups excluding tert-OH is 1. The summed E-state index contributed by atoms with van der Waals surface area (Å²) in [6.45, 7) is 11.6. The maximum Gasteiger partial charge on any atom is 0.181 e. The smallest absolute Gasteiger partial charge is 0.181 e. The monoisotopic (exact) mass is 240 g/mol. The molecule has 98 valence electrons. The third-order valence-electron chi connectivity index (χ3n) is 2.78. The van der Waals surface area contributed by atoms with E-state index in [4.69, 9.17) is 4.42 Å². The van der Waals surface area contributed by atoms with Gasteiger partial charge in [-0.05, 0) is 20.8 Å². The molecule has 4 heteroatoms. The Kier molecular flexibility index (Phi) is 5.15. The van der Waals surface area contributed by atoms with Crippen molar-refractivity contribution in [2.24, 2.45) is 0 Å². The Bertz CT molecular complexity index is 332. The van der Waals surface area contributed by atoms with Crippen molar-refractivity contribution in [2.75, 3.05) is 6.54 Å². The van der Waals surface area contributed by atoms with Crippen molar-refractivity contribution >= 4 is 0 Å². The van der Waals surface area contributed by atoms with E-state index in [-0.39, 0.29) is 6.10 Å². The van der Waals surface area contributed by atoms with Crippen molar-refractivity contribution in [1.82, 2.24) is 9.88 Å². The molecule has 17 heavy (non-hydrogen) atoms. The first-order valence-electron chi connectivity index (χ1n) is 6.26. The molecule has 1 atom stereocenters. The van der Waals surface area contributed by atoms with Gasteiger partial charge in [0.25, 0.3) is 0 Å². The lowest BCUT2D eigenvalue weighted by molar-refractivity contribution is 0.101. The molecule has 1 heterocycles. The second kappa shape index (κ2) is 6.17. The van der Waals surface area contributed by atoms with Gasteiger partial charge in [0.2, 0.25) is 0 Å². The minimum Gasteiger partial charge on any atom is -0.448 e. The quantitative estimate of drug-likeness (QED) is 0.829. The molecule has 1 aromatic heterocycles. The van der Waals surface area contributed by atoms with E-state index in [0.29, 0.717) is 18.5 Å². The van der Waals surface area contributed by atoms with Gasteiger partial charge in [-0.15, -0.1) is 0 Å². The molecular weight excluding hydrogens is 216 g/mol. The zero-order valence-electron chi connectivity index (χ0n) is 11.5. The van der Waals surface area contributed by atoms with Crippen LogP contribution in [0.3, 0.4) is 0 Å². The van der Waals surface area contributed by atoms with Crippen molar-refractivity contribution in [3.63, 3.8) is 0 Å². The molecule has 1 rings (SSSR count). The molecular formula is C13H24N2O2. The van der Waals surface area contributed by atoms with E-state index in [9.17, 15) is 5.11 Å². The summed E-state index contributed by atoms with van der Waals surface area (Å²) in [7, 11) is 0. The van der Waals surface area contributed by atoms with Crippen LogP contribution in [-0.2, 0) is 6.54 Å². The maximum absolute atomic E-state index is 9.49. The number of nitrogens with zero attached hydrogens (tertiary/aromatic N) is 2. The Balaban J connectivity index is 2.75. The standard InChI is InChI=1S/C13H24N2O2/c1-9(2)13-12(14-8-17-13)7-15(10(3)4)6-11(5)16/h8-11,16H,6-7H2,1-5H3. The van der Waals surface area contributed by atoms with Gasteiger partial charge in [0.05, 0.1) is 11.8 Å². The third-order valence-corrected chi connectivity index (χ3v) is 2.78. The Morgan fingerprint density at radius 2 is 1.94 bits per heavy atom. The van der Waals surface area contributed by atoms with E-state index in [1.165, 1.54) is 6.39 Å². The van der Waals surface area contributed by atoms with Gasteiger partial charge >= 0.3 is 0 Å². The van der Waals surface area contributed by atoms with Gasteiger partial charge in [-0.1, -0.05) is 13.8 Å². The minimum absolute atomic E-state index is 0.327. The molecule has 0 radical (unpaired) electrons. The lowest BCUT2D eigenvalue weighted by Gasteiger charge is -2.27. The van der Waals surface area contributed by atoms with Crippen molar-refractivity contribution in [3.05, 3.63) is 17.8 Å². The van der Waals surface area contributed by atoms with Crippen LogP contribution >= 0.6 is 0 Å². The summed E-state index contributed by atoms with van der Waals surface area (Å²) in [5.41, 5.74) is 0.981. The third kappa shape index (κ3) is 4.13. The average Bonchev–Trinajstić information content (AvgIpc) is 2.63. The summed E-state index contributed by atoms with van der Waals surface area (Å²) < 4.78 is 5.41. The van der Waals surface area contributed by atoms with Crippen LogP contribution in [0.4, 0.5) is 0 Å². The summed E-state index contributed by atoms with van der Waals surface area (Å²) in [5.74, 6) is 1.29. The van der Waals surface area contributed by atoms with Crippen LogP contribution in [0.2, 0.25) is 0 Å². The Morgan fingerprint density at radius 1 is 1.29 bits per heavy atom. The number of oxazole rings is 1. The molecule has 0 bridgehead atoms. The Labute approximate surface area is 104 Å². The largest absolute Gasteiger partial charge is 0.448 e. The number of aliphatic hydroxyl groups is 1. The SMILES string of the molecule is CC(O)CN(Cc1ncoc1C(C)C)C(C)C. The topological polar surface area (TPSA) is 49.5 Å². The second-order valence-electron chi connectivity index (χ2n) is 5.19. The molecule has 0 amide bonds. The van der Waals surface area contributed by atoms with Crippen molar-refractivity contribution < 1.29 is 9.52 Å². The summed E-state index contributed by atoms with van der Waals surface area (Å²) in [5, 5.41) is 9.49. The predicted octanol–water partition coefficient (Wildman–Crippen LogP) is 2.39. The van der Waals surface area contributed by atoms with Gasteiger partial charge in [-0.25, -0.2) is 4.98 Å². The molecule has 0 aliphatic carbocycles. The first-order chi connectivity index (χ1) is 7.91. The molecule has 0 saturated heterocycles. The first kappa shape index (κ1) is 14.2. The molecule has 0 saturated carbocycles. The molecule has 1 aromatic rings. The van der Waals surface area contributed by atoms with Crippen molar-refractivity contribution in [1.29, 1.82) is 0 Å². The van der Waals surface area contributed by atoms with Crippen LogP contribution in [0.15, 0.2) is 10.8 Å². The Morgan fingerprint density at radius 3 is 2.41 bits per heavy atom. The van der Waals surface area contributed by atoms with Gasteiger partial charge in [0.1, 0.15) is 5.76 Å². The first-order valence-corrected chi connectivity index (χ1v) is 6.26. The van der Waals surface area contributed by atoms with Crippen LogP contribution in [0, 0.1) is 0 Å². The Hall–Kier alpha value is -0.870. The van der Waals surface area contributed by atoms with E-state index < -0.39 is 0 Å². The zero-order chi connectivity index (χ0) is 13.0. The van der Waals surface area contributed by atoms with Crippen molar-refractivity contribution in [3.8, 4) is 0 Å². The van der Waals surface area contributed by atoms with E-state index >= 15 is 0 Å². The maximum atomic E-state index is 9.49. The molecule has 1 N–H and O–H groups in total. The lowest BCUT2D eigenvalue weighted by atomic mass is 10.1. The molecule has 1 unspecified atom stereocenters. The van der Waals surface area contributed by atoms with Gasteiger partial charge < -0.3 is 9.52 Å². The van der Waals surface area contributed by atoms with Crippen LogP contribution in [0.25, 0.3) is 0 Å². The molecule has 0 aliphatic heterocycles. The fourth-order valence-corrected chi connectivity index (χ4v) is 1.86. The molecule has 4 nitrogen and oxygen atoms in total. The number of aromatic nitrogens is 1. The van der Waals surface area contributed by atoms with E-state index in [2.05, 4.69) is 37.6 Å². The van der Waals surface area contributed by atoms with Crippen LogP contribution in [0.1, 0.15) is 52.0 Å². The van der Waals surface area contributed by atoms with E-state index in [1.807, 2.05) is 6.92 Å². The number of rotatable bonds is 6. The fourth-order valence-electron chi connectivity index (χ4n) is 1.86. The fraction of sp³-hybridized carbons (Fsp3) is 0.769. The van der Waals surface area contributed by atoms with E-state index in [1.54, 1.807) is 0 Å². The molecule has 0 fully saturated rings. The molecule has 0 aromatic carbocycles. The highest BCUT2D eigenvalue weighted by molar-refractivity contribution is 5.11. The number of hydrogen-bond acceptors (Lipinski definition) is 4. The minimum atomic E-state index is -0.327. The average molecular weight is 240 g/mol. The lowest BCUT2D eigenvalue weighted by Crippen LogP contribution is -2.36. The highest BCUT2D eigenvalue weighted by Gasteiger charge is 2.18. The van der Waals surface area contributed by atoms with Gasteiger partial charge in [-0.3, -0.25) is 4.90 Å². The summed E-state index contributed by atoms with van der Waals surface area (Å²) in [6.07, 6.45) is 1.18. The van der Waals surface area contributed by atoms with Crippen molar-refractivity contribution in [2.45, 2.75) is 59.2 Å². The highest BCUT2D eigenvalue weighted by Crippen LogP contribution is 2.20. The van der Waals surface area contributed by atoms with E-state index in [0.717, 1.165) is 18.0 Å². The summed E-state index contributed by atoms with van der Waals surface area (Å²) in [4.78, 5) is 6.48. The number of hydrogen-bond donors (Lipinski definition) is 1. The van der Waals surface area contributed by atoms with Gasteiger partial charge in [0, 0.05) is 25.0 Å². The summed E-state index contributed by atoms with van der Waals surface area (Å²) >= 11 is 0. The van der Waals surface area contributed by atoms with Gasteiger partial charge in [0.15, 0.2) is 6.39 Å². The predicted molar refractivity (Wildman–Crippen MR) is 67.8 cm³/mol. The van der Waals surface area contributed by atoms with Crippen LogP contribution in [-0.4, -0.2) is 33.7 Å². The van der Waals surface area contributed by atoms with Gasteiger partial charge in [-0.2, -0.15) is 0 Å². The summed E-state index contributed by atoms with van der Waals surface area (Å²) in [6, 6.07) is 0.376. The highest BCUT2D eigenvalue weighted by atomic mass is 16.3. The second-order valence-corrected chi connectivity index (χ2v) is 5.19. The molecule has 0 aliphatic rings. The van der Waals surface area contributed by atoms with Crippen LogP contribution < -0.4 is 0 Å². The normalized spacial score (nSPS) is 13.9. The zero-order valence-corrected chi connectivity index (χ0v) is 11.5.